The molecule has 0 radical (unpaired) electrons. The number of likely N-dealkylation sites (tertiary alicyclic amines) is 1. The Morgan fingerprint density at radius 2 is 1.52 bits per heavy atom. The summed E-state index contributed by atoms with van der Waals surface area (Å²) in [5, 5.41) is 11.6. The SMILES string of the molecule is CCOc1cc(C2/C(=C(/O)c3ccc4c(c3)OCCO4)C(=O)C(=O)N2CCc2ccccc2)ccc1OCc1ccccc1. The van der Waals surface area contributed by atoms with Crippen LogP contribution >= 0.6 is 0 Å². The maximum Gasteiger partial charge on any atom is 0.295 e. The number of aliphatic hydroxyl groups excluding tert-OH is 1. The van der Waals surface area contributed by atoms with E-state index < -0.39 is 17.7 Å². The normalized spacial score (nSPS) is 17.0. The number of fused-ring (bicyclic) bond motifs is 1. The first-order valence-electron chi connectivity index (χ1n) is 14.7. The van der Waals surface area contributed by atoms with Gasteiger partial charge in [-0.15, -0.1) is 0 Å². The molecular weight excluding hydrogens is 558 g/mol. The van der Waals surface area contributed by atoms with E-state index in [1.165, 1.54) is 4.90 Å². The molecule has 1 atom stereocenters. The Bertz CT molecular complexity index is 1680. The second kappa shape index (κ2) is 13.0. The second-order valence-electron chi connectivity index (χ2n) is 10.5. The van der Waals surface area contributed by atoms with E-state index in [1.54, 1.807) is 30.3 Å². The van der Waals surface area contributed by atoms with Crippen LogP contribution < -0.4 is 18.9 Å². The number of Topliss-reactive ketones (excluding diaryl/α,β-unsaturated/α-hetero) is 1. The van der Waals surface area contributed by atoms with Gasteiger partial charge in [0.05, 0.1) is 18.2 Å². The van der Waals surface area contributed by atoms with Crippen LogP contribution in [0.4, 0.5) is 0 Å². The number of hydrogen-bond acceptors (Lipinski definition) is 7. The van der Waals surface area contributed by atoms with E-state index in [9.17, 15) is 14.7 Å². The van der Waals surface area contributed by atoms with Crippen LogP contribution in [0.2, 0.25) is 0 Å². The van der Waals surface area contributed by atoms with Gasteiger partial charge < -0.3 is 29.0 Å². The lowest BCUT2D eigenvalue weighted by molar-refractivity contribution is -0.139. The summed E-state index contributed by atoms with van der Waals surface area (Å²) in [6, 6.07) is 29.1. The number of hydrogen-bond donors (Lipinski definition) is 1. The monoisotopic (exact) mass is 591 g/mol. The molecule has 0 saturated carbocycles. The lowest BCUT2D eigenvalue weighted by atomic mass is 9.94. The number of rotatable bonds is 10. The quantitative estimate of drug-likeness (QED) is 0.135. The van der Waals surface area contributed by atoms with Crippen molar-refractivity contribution in [1.29, 1.82) is 0 Å². The van der Waals surface area contributed by atoms with Crippen LogP contribution in [0.15, 0.2) is 103 Å². The van der Waals surface area contributed by atoms with Gasteiger partial charge in [-0.2, -0.15) is 0 Å². The van der Waals surface area contributed by atoms with Gasteiger partial charge in [-0.05, 0) is 60.4 Å². The molecule has 1 saturated heterocycles. The average molecular weight is 592 g/mol. The van der Waals surface area contributed by atoms with Crippen molar-refractivity contribution < 1.29 is 33.6 Å². The maximum absolute atomic E-state index is 13.6. The molecule has 1 unspecified atom stereocenters. The predicted molar refractivity (Wildman–Crippen MR) is 165 cm³/mol. The molecule has 6 rings (SSSR count). The fourth-order valence-electron chi connectivity index (χ4n) is 5.52. The van der Waals surface area contributed by atoms with E-state index in [-0.39, 0.29) is 17.9 Å². The van der Waals surface area contributed by atoms with Crippen LogP contribution in [-0.4, -0.2) is 48.1 Å². The van der Waals surface area contributed by atoms with Crippen LogP contribution in [0.3, 0.4) is 0 Å². The molecule has 4 aromatic rings. The fraction of sp³-hybridized carbons (Fsp3) is 0.222. The third-order valence-corrected chi connectivity index (χ3v) is 7.66. The Kier molecular flexibility index (Phi) is 8.50. The van der Waals surface area contributed by atoms with Crippen molar-refractivity contribution in [3.8, 4) is 23.0 Å². The Balaban J connectivity index is 1.40. The molecule has 2 heterocycles. The zero-order valence-electron chi connectivity index (χ0n) is 24.4. The molecule has 1 amide bonds. The summed E-state index contributed by atoms with van der Waals surface area (Å²) in [6.45, 7) is 3.68. The van der Waals surface area contributed by atoms with Crippen molar-refractivity contribution in [3.63, 3.8) is 0 Å². The van der Waals surface area contributed by atoms with Crippen molar-refractivity contribution in [2.75, 3.05) is 26.4 Å². The number of carbonyl (C=O) groups is 2. The minimum absolute atomic E-state index is 0.000131. The van der Waals surface area contributed by atoms with Gasteiger partial charge in [0.15, 0.2) is 23.0 Å². The summed E-state index contributed by atoms with van der Waals surface area (Å²) in [7, 11) is 0. The maximum atomic E-state index is 13.6. The summed E-state index contributed by atoms with van der Waals surface area (Å²) in [4.78, 5) is 28.7. The highest BCUT2D eigenvalue weighted by molar-refractivity contribution is 6.46. The number of nitrogens with zero attached hydrogens (tertiary/aromatic N) is 1. The summed E-state index contributed by atoms with van der Waals surface area (Å²) < 4.78 is 23.4. The molecule has 44 heavy (non-hydrogen) atoms. The van der Waals surface area contributed by atoms with Crippen LogP contribution in [0, 0.1) is 0 Å². The van der Waals surface area contributed by atoms with E-state index in [0.717, 1.165) is 11.1 Å². The zero-order valence-corrected chi connectivity index (χ0v) is 24.4. The van der Waals surface area contributed by atoms with Crippen molar-refractivity contribution in [2.45, 2.75) is 26.0 Å². The van der Waals surface area contributed by atoms with E-state index in [0.29, 0.717) is 67.0 Å². The summed E-state index contributed by atoms with van der Waals surface area (Å²) in [5.41, 5.74) is 3.01. The zero-order chi connectivity index (χ0) is 30.5. The Morgan fingerprint density at radius 1 is 0.818 bits per heavy atom. The number of carbonyl (C=O) groups excluding carboxylic acids is 2. The topological polar surface area (TPSA) is 94.5 Å². The fourth-order valence-corrected chi connectivity index (χ4v) is 5.52. The minimum atomic E-state index is -0.853. The highest BCUT2D eigenvalue weighted by Crippen LogP contribution is 2.43. The summed E-state index contributed by atoms with van der Waals surface area (Å²) >= 11 is 0. The lowest BCUT2D eigenvalue weighted by Gasteiger charge is -2.26. The number of ketones is 1. The second-order valence-corrected chi connectivity index (χ2v) is 10.5. The van der Waals surface area contributed by atoms with Crippen molar-refractivity contribution in [2.24, 2.45) is 0 Å². The first kappa shape index (κ1) is 28.9. The van der Waals surface area contributed by atoms with Crippen LogP contribution in [0.5, 0.6) is 23.0 Å². The van der Waals surface area contributed by atoms with Crippen molar-refractivity contribution >= 4 is 17.4 Å². The standard InChI is InChI=1S/C36H33NO7/c1-2-41-30-21-26(13-15-29(30)44-23-25-11-7-4-8-12-25)33-32(34(38)27-14-16-28-31(22-27)43-20-19-42-28)35(39)36(40)37(33)18-17-24-9-5-3-6-10-24/h3-16,21-22,33,38H,2,17-20,23H2,1H3/b34-32-. The Hall–Kier alpha value is -5.24. The number of benzene rings is 4. The molecule has 8 nitrogen and oxygen atoms in total. The molecule has 0 aromatic heterocycles. The number of amides is 1. The smallest absolute Gasteiger partial charge is 0.295 e. The summed E-state index contributed by atoms with van der Waals surface area (Å²) in [6.07, 6.45) is 0.533. The number of aliphatic hydroxyl groups is 1. The highest BCUT2D eigenvalue weighted by Gasteiger charge is 2.46. The van der Waals surface area contributed by atoms with Crippen molar-refractivity contribution in [3.05, 3.63) is 125 Å². The molecule has 224 valence electrons. The van der Waals surface area contributed by atoms with Crippen LogP contribution in [0.25, 0.3) is 5.76 Å². The lowest BCUT2D eigenvalue weighted by Crippen LogP contribution is -2.31. The molecule has 1 N–H and O–H groups in total. The first-order chi connectivity index (χ1) is 21.5. The molecular formula is C36H33NO7. The molecule has 0 aliphatic carbocycles. The minimum Gasteiger partial charge on any atom is -0.507 e. The van der Waals surface area contributed by atoms with Gasteiger partial charge in [0.25, 0.3) is 11.7 Å². The Morgan fingerprint density at radius 3 is 2.25 bits per heavy atom. The third-order valence-electron chi connectivity index (χ3n) is 7.66. The average Bonchev–Trinajstić information content (AvgIpc) is 3.32. The van der Waals surface area contributed by atoms with Gasteiger partial charge >= 0.3 is 0 Å². The summed E-state index contributed by atoms with van der Waals surface area (Å²) in [5.74, 6) is 0.329. The molecule has 1 fully saturated rings. The van der Waals surface area contributed by atoms with Gasteiger partial charge in [-0.25, -0.2) is 0 Å². The van der Waals surface area contributed by atoms with Gasteiger partial charge in [0.1, 0.15) is 25.6 Å². The van der Waals surface area contributed by atoms with Crippen molar-refractivity contribution in [1.82, 2.24) is 4.90 Å². The van der Waals surface area contributed by atoms with Gasteiger partial charge in [-0.1, -0.05) is 66.7 Å². The van der Waals surface area contributed by atoms with E-state index in [2.05, 4.69) is 0 Å². The van der Waals surface area contributed by atoms with E-state index in [4.69, 9.17) is 18.9 Å². The van der Waals surface area contributed by atoms with Gasteiger partial charge in [-0.3, -0.25) is 9.59 Å². The first-order valence-corrected chi connectivity index (χ1v) is 14.7. The van der Waals surface area contributed by atoms with Crippen LogP contribution in [-0.2, 0) is 22.6 Å². The Labute approximate surface area is 256 Å². The van der Waals surface area contributed by atoms with E-state index >= 15 is 0 Å². The van der Waals surface area contributed by atoms with Gasteiger partial charge in [0.2, 0.25) is 0 Å². The predicted octanol–water partition coefficient (Wildman–Crippen LogP) is 6.10. The van der Waals surface area contributed by atoms with Gasteiger partial charge in [0, 0.05) is 12.1 Å². The highest BCUT2D eigenvalue weighted by atomic mass is 16.6. The molecule has 8 heteroatoms. The molecule has 4 aromatic carbocycles. The largest absolute Gasteiger partial charge is 0.507 e. The molecule has 2 aliphatic rings. The third kappa shape index (κ3) is 5.97. The number of ether oxygens (including phenoxy) is 4. The molecule has 0 bridgehead atoms. The molecule has 0 spiro atoms. The van der Waals surface area contributed by atoms with Crippen LogP contribution in [0.1, 0.15) is 35.2 Å². The van der Waals surface area contributed by atoms with E-state index in [1.807, 2.05) is 73.7 Å². The molecule has 2 aliphatic heterocycles.